The van der Waals surface area contributed by atoms with E-state index < -0.39 is 0 Å². The Morgan fingerprint density at radius 2 is 2.05 bits per heavy atom. The van der Waals surface area contributed by atoms with Gasteiger partial charge in [0.25, 0.3) is 0 Å². The number of benzene rings is 1. The van der Waals surface area contributed by atoms with Crippen molar-refractivity contribution in [2.75, 3.05) is 0 Å². The van der Waals surface area contributed by atoms with Gasteiger partial charge in [-0.05, 0) is 31.2 Å². The number of hydrogen-bond acceptors (Lipinski definition) is 3. The van der Waals surface area contributed by atoms with Gasteiger partial charge in [0.15, 0.2) is 0 Å². The highest BCUT2D eigenvalue weighted by molar-refractivity contribution is 5.65. The minimum atomic E-state index is 0.497. The SMILES string of the molecule is Cc1nn(C)cc1COc1ccccc1-c1ccco1. The van der Waals surface area contributed by atoms with Crippen LogP contribution in [0.5, 0.6) is 5.75 Å². The molecule has 0 aliphatic rings. The number of ether oxygens (including phenoxy) is 1. The van der Waals surface area contributed by atoms with E-state index in [0.717, 1.165) is 28.3 Å². The van der Waals surface area contributed by atoms with E-state index in [-0.39, 0.29) is 0 Å². The van der Waals surface area contributed by atoms with Crippen LogP contribution >= 0.6 is 0 Å². The summed E-state index contributed by atoms with van der Waals surface area (Å²) in [5.74, 6) is 1.62. The molecule has 4 nitrogen and oxygen atoms in total. The summed E-state index contributed by atoms with van der Waals surface area (Å²) >= 11 is 0. The third-order valence-corrected chi connectivity index (χ3v) is 3.17. The molecule has 0 radical (unpaired) electrons. The lowest BCUT2D eigenvalue weighted by molar-refractivity contribution is 0.306. The molecule has 1 aromatic carbocycles. The number of rotatable bonds is 4. The zero-order chi connectivity index (χ0) is 13.9. The maximum absolute atomic E-state index is 5.93. The largest absolute Gasteiger partial charge is 0.488 e. The van der Waals surface area contributed by atoms with Crippen molar-refractivity contribution in [3.63, 3.8) is 0 Å². The van der Waals surface area contributed by atoms with Gasteiger partial charge in [-0.25, -0.2) is 0 Å². The van der Waals surface area contributed by atoms with Crippen LogP contribution in [0, 0.1) is 6.92 Å². The number of hydrogen-bond donors (Lipinski definition) is 0. The quantitative estimate of drug-likeness (QED) is 0.726. The van der Waals surface area contributed by atoms with Gasteiger partial charge in [-0.3, -0.25) is 4.68 Å². The molecule has 0 spiro atoms. The Morgan fingerprint density at radius 1 is 1.20 bits per heavy atom. The molecule has 0 fully saturated rings. The highest BCUT2D eigenvalue weighted by atomic mass is 16.5. The second kappa shape index (κ2) is 5.25. The van der Waals surface area contributed by atoms with Gasteiger partial charge in [0.1, 0.15) is 18.1 Å². The van der Waals surface area contributed by atoms with Crippen molar-refractivity contribution in [2.45, 2.75) is 13.5 Å². The zero-order valence-corrected chi connectivity index (χ0v) is 11.5. The Bertz CT molecular complexity index is 699. The van der Waals surface area contributed by atoms with E-state index in [1.807, 2.05) is 56.6 Å². The molecule has 20 heavy (non-hydrogen) atoms. The highest BCUT2D eigenvalue weighted by Gasteiger charge is 2.10. The number of furan rings is 1. The predicted molar refractivity (Wildman–Crippen MR) is 76.4 cm³/mol. The van der Waals surface area contributed by atoms with Crippen LogP contribution in [0.3, 0.4) is 0 Å². The van der Waals surface area contributed by atoms with Crippen molar-refractivity contribution in [1.82, 2.24) is 9.78 Å². The second-order valence-electron chi connectivity index (χ2n) is 4.68. The molecule has 0 amide bonds. The fourth-order valence-electron chi connectivity index (χ4n) is 2.17. The number of nitrogens with zero attached hydrogens (tertiary/aromatic N) is 2. The van der Waals surface area contributed by atoms with E-state index in [1.165, 1.54) is 0 Å². The van der Waals surface area contributed by atoms with Crippen molar-refractivity contribution in [1.29, 1.82) is 0 Å². The molecule has 0 unspecified atom stereocenters. The molecule has 0 saturated carbocycles. The van der Waals surface area contributed by atoms with Gasteiger partial charge in [-0.15, -0.1) is 0 Å². The van der Waals surface area contributed by atoms with Crippen LogP contribution in [-0.4, -0.2) is 9.78 Å². The van der Waals surface area contributed by atoms with E-state index in [1.54, 1.807) is 10.9 Å². The lowest BCUT2D eigenvalue weighted by atomic mass is 10.1. The second-order valence-corrected chi connectivity index (χ2v) is 4.68. The minimum absolute atomic E-state index is 0.497. The lowest BCUT2D eigenvalue weighted by Gasteiger charge is -2.09. The normalized spacial score (nSPS) is 10.7. The molecule has 0 aliphatic heterocycles. The van der Waals surface area contributed by atoms with E-state index >= 15 is 0 Å². The van der Waals surface area contributed by atoms with Gasteiger partial charge < -0.3 is 9.15 Å². The third kappa shape index (κ3) is 2.45. The molecule has 2 aromatic heterocycles. The molecule has 3 aromatic rings. The van der Waals surface area contributed by atoms with Crippen molar-refractivity contribution < 1.29 is 9.15 Å². The Balaban J connectivity index is 1.83. The van der Waals surface area contributed by atoms with E-state index in [9.17, 15) is 0 Å². The molecule has 0 bridgehead atoms. The van der Waals surface area contributed by atoms with Gasteiger partial charge in [0.05, 0.1) is 17.5 Å². The zero-order valence-electron chi connectivity index (χ0n) is 11.5. The summed E-state index contributed by atoms with van der Waals surface area (Å²) in [7, 11) is 1.91. The van der Waals surface area contributed by atoms with Crippen LogP contribution in [0.15, 0.2) is 53.3 Å². The van der Waals surface area contributed by atoms with Crippen molar-refractivity contribution in [3.8, 4) is 17.1 Å². The molecule has 0 atom stereocenters. The Labute approximate surface area is 117 Å². The lowest BCUT2D eigenvalue weighted by Crippen LogP contribution is -1.97. The summed E-state index contributed by atoms with van der Waals surface area (Å²) in [5.41, 5.74) is 3.03. The van der Waals surface area contributed by atoms with Crippen LogP contribution in [0.1, 0.15) is 11.3 Å². The number of para-hydroxylation sites is 1. The van der Waals surface area contributed by atoms with Gasteiger partial charge in [0, 0.05) is 18.8 Å². The van der Waals surface area contributed by atoms with E-state index in [4.69, 9.17) is 9.15 Å². The molecule has 4 heteroatoms. The van der Waals surface area contributed by atoms with Crippen LogP contribution in [0.2, 0.25) is 0 Å². The molecular weight excluding hydrogens is 252 g/mol. The first kappa shape index (κ1) is 12.5. The number of aromatic nitrogens is 2. The van der Waals surface area contributed by atoms with Crippen molar-refractivity contribution in [2.24, 2.45) is 7.05 Å². The van der Waals surface area contributed by atoms with Gasteiger partial charge in [-0.1, -0.05) is 12.1 Å². The fourth-order valence-corrected chi connectivity index (χ4v) is 2.17. The fraction of sp³-hybridized carbons (Fsp3) is 0.188. The summed E-state index contributed by atoms with van der Waals surface area (Å²) < 4.78 is 13.2. The Morgan fingerprint density at radius 3 is 2.75 bits per heavy atom. The summed E-state index contributed by atoms with van der Waals surface area (Å²) in [6.45, 7) is 2.48. The highest BCUT2D eigenvalue weighted by Crippen LogP contribution is 2.30. The topological polar surface area (TPSA) is 40.2 Å². The van der Waals surface area contributed by atoms with E-state index in [0.29, 0.717) is 6.61 Å². The van der Waals surface area contributed by atoms with Gasteiger partial charge in [0.2, 0.25) is 0 Å². The molecule has 3 rings (SSSR count). The predicted octanol–water partition coefficient (Wildman–Crippen LogP) is 3.57. The summed E-state index contributed by atoms with van der Waals surface area (Å²) in [4.78, 5) is 0. The maximum Gasteiger partial charge on any atom is 0.137 e. The van der Waals surface area contributed by atoms with Crippen LogP contribution < -0.4 is 4.74 Å². The smallest absolute Gasteiger partial charge is 0.137 e. The Kier molecular flexibility index (Phi) is 3.29. The molecule has 2 heterocycles. The van der Waals surface area contributed by atoms with Crippen LogP contribution in [0.4, 0.5) is 0 Å². The maximum atomic E-state index is 5.93. The van der Waals surface area contributed by atoms with E-state index in [2.05, 4.69) is 5.10 Å². The van der Waals surface area contributed by atoms with Gasteiger partial charge >= 0.3 is 0 Å². The summed E-state index contributed by atoms with van der Waals surface area (Å²) in [6.07, 6.45) is 3.64. The molecular formula is C16H16N2O2. The molecule has 0 saturated heterocycles. The average Bonchev–Trinajstić information content (AvgIpc) is 3.07. The van der Waals surface area contributed by atoms with Gasteiger partial charge in [-0.2, -0.15) is 5.10 Å². The van der Waals surface area contributed by atoms with Crippen LogP contribution in [0.25, 0.3) is 11.3 Å². The Hall–Kier alpha value is -2.49. The first-order valence-electron chi connectivity index (χ1n) is 6.49. The van der Waals surface area contributed by atoms with Crippen molar-refractivity contribution in [3.05, 3.63) is 60.1 Å². The third-order valence-electron chi connectivity index (χ3n) is 3.17. The van der Waals surface area contributed by atoms with Crippen molar-refractivity contribution >= 4 is 0 Å². The first-order chi connectivity index (χ1) is 9.74. The standard InChI is InChI=1S/C16H16N2O2/c1-12-13(10-18(2)17-12)11-20-16-7-4-3-6-14(16)15-8-5-9-19-15/h3-10H,11H2,1-2H3. The minimum Gasteiger partial charge on any atom is -0.488 e. The van der Waals surface area contributed by atoms with Crippen LogP contribution in [-0.2, 0) is 13.7 Å². The summed E-state index contributed by atoms with van der Waals surface area (Å²) in [6, 6.07) is 11.7. The number of aryl methyl sites for hydroxylation is 2. The average molecular weight is 268 g/mol. The molecule has 102 valence electrons. The molecule has 0 aliphatic carbocycles. The molecule has 0 N–H and O–H groups in total. The first-order valence-corrected chi connectivity index (χ1v) is 6.49. The summed E-state index contributed by atoms with van der Waals surface area (Å²) in [5, 5.41) is 4.31. The monoisotopic (exact) mass is 268 g/mol.